The Morgan fingerprint density at radius 2 is 2.06 bits per heavy atom. The number of carbonyl (C=O) groups is 1. The van der Waals surface area contributed by atoms with Gasteiger partial charge in [-0.25, -0.2) is 4.68 Å². The first-order valence-corrected chi connectivity index (χ1v) is 13.2. The van der Waals surface area contributed by atoms with E-state index in [-0.39, 0.29) is 11.5 Å². The van der Waals surface area contributed by atoms with Gasteiger partial charge >= 0.3 is 0 Å². The third-order valence-electron chi connectivity index (χ3n) is 10.3. The molecule has 4 saturated carbocycles. The number of hydrogen-bond acceptors (Lipinski definition) is 6. The van der Waals surface area contributed by atoms with Gasteiger partial charge in [-0.3, -0.25) is 4.79 Å². The molecule has 4 fully saturated rings. The zero-order chi connectivity index (χ0) is 23.2. The van der Waals surface area contributed by atoms with Crippen molar-refractivity contribution < 1.29 is 9.63 Å². The molecule has 7 heteroatoms. The van der Waals surface area contributed by atoms with Crippen LogP contribution in [0.15, 0.2) is 11.4 Å². The maximum absolute atomic E-state index is 12.6. The van der Waals surface area contributed by atoms with Crippen LogP contribution < -0.4 is 5.73 Å². The molecule has 4 aliphatic rings. The fourth-order valence-electron chi connectivity index (χ4n) is 8.09. The van der Waals surface area contributed by atoms with Crippen LogP contribution in [0.5, 0.6) is 0 Å². The van der Waals surface area contributed by atoms with Crippen LogP contribution in [0.25, 0.3) is 0 Å². The lowest BCUT2D eigenvalue weighted by Crippen LogP contribution is -2.53. The molecular formula is C26H41N5O2. The van der Waals surface area contributed by atoms with Crippen molar-refractivity contribution in [2.75, 3.05) is 6.61 Å². The Morgan fingerprint density at radius 1 is 1.21 bits per heavy atom. The van der Waals surface area contributed by atoms with Crippen molar-refractivity contribution >= 4 is 11.5 Å². The lowest BCUT2D eigenvalue weighted by atomic mass is 9.45. The van der Waals surface area contributed by atoms with Crippen molar-refractivity contribution in [2.24, 2.45) is 45.4 Å². The highest BCUT2D eigenvalue weighted by molar-refractivity contribution is 5.87. The summed E-state index contributed by atoms with van der Waals surface area (Å²) in [6, 6.07) is 0.122. The van der Waals surface area contributed by atoms with Crippen LogP contribution in [0.3, 0.4) is 0 Å². The molecule has 0 amide bonds. The van der Waals surface area contributed by atoms with Crippen LogP contribution in [0, 0.1) is 34.5 Å². The van der Waals surface area contributed by atoms with Crippen molar-refractivity contribution in [3.05, 3.63) is 11.9 Å². The molecule has 5 unspecified atom stereocenters. The van der Waals surface area contributed by atoms with Crippen molar-refractivity contribution in [1.29, 1.82) is 0 Å². The minimum atomic E-state index is -0.0235. The quantitative estimate of drug-likeness (QED) is 0.629. The summed E-state index contributed by atoms with van der Waals surface area (Å²) in [6.07, 6.45) is 13.0. The van der Waals surface area contributed by atoms with Gasteiger partial charge in [0.2, 0.25) is 0 Å². The number of nitrogens with zero attached hydrogens (tertiary/aromatic N) is 4. The second-order valence-corrected chi connectivity index (χ2v) is 11.7. The van der Waals surface area contributed by atoms with E-state index in [0.29, 0.717) is 36.2 Å². The van der Waals surface area contributed by atoms with E-state index < -0.39 is 0 Å². The standard InChI is InChI=1S/C26H41N5O2/c1-4-20(31-15-19(14-27)28-30-31)16-33-29-18-9-11-25(2)17(13-18)5-6-21-22-7-8-24(32)26(22,3)12-10-23(21)25/h15,17,20-23H,4-14,16,27H2,1-3H3/b29-18-/t17?,20?,21?,22?,23?,25-,26-/m0/s1. The van der Waals surface area contributed by atoms with Gasteiger partial charge in [0.05, 0.1) is 23.6 Å². The van der Waals surface area contributed by atoms with Crippen LogP contribution >= 0.6 is 0 Å². The lowest BCUT2D eigenvalue weighted by molar-refractivity contribution is -0.137. The number of Topliss-reactive ketones (excluding diaryl/α,β-unsaturated/α-hetero) is 1. The number of ketones is 1. The summed E-state index contributed by atoms with van der Waals surface area (Å²) in [7, 11) is 0. The Bertz CT molecular complexity index is 912. The largest absolute Gasteiger partial charge is 0.394 e. The summed E-state index contributed by atoms with van der Waals surface area (Å²) in [5.41, 5.74) is 8.05. The molecule has 0 saturated heterocycles. The smallest absolute Gasteiger partial charge is 0.139 e. The van der Waals surface area contributed by atoms with Gasteiger partial charge in [0.15, 0.2) is 0 Å². The Balaban J connectivity index is 1.21. The first-order valence-electron chi connectivity index (χ1n) is 13.2. The van der Waals surface area contributed by atoms with E-state index in [1.54, 1.807) is 0 Å². The van der Waals surface area contributed by atoms with Gasteiger partial charge in [0.25, 0.3) is 0 Å². The maximum Gasteiger partial charge on any atom is 0.139 e. The highest BCUT2D eigenvalue weighted by Crippen LogP contribution is 2.65. The lowest BCUT2D eigenvalue weighted by Gasteiger charge is -2.59. The van der Waals surface area contributed by atoms with Crippen molar-refractivity contribution in [3.8, 4) is 0 Å². The summed E-state index contributed by atoms with van der Waals surface area (Å²) in [6.45, 7) is 7.87. The summed E-state index contributed by atoms with van der Waals surface area (Å²) < 4.78 is 1.85. The maximum atomic E-state index is 12.6. The zero-order valence-corrected chi connectivity index (χ0v) is 20.6. The monoisotopic (exact) mass is 455 g/mol. The predicted octanol–water partition coefficient (Wildman–Crippen LogP) is 4.67. The third kappa shape index (κ3) is 3.84. The molecule has 182 valence electrons. The van der Waals surface area contributed by atoms with Gasteiger partial charge < -0.3 is 10.6 Å². The van der Waals surface area contributed by atoms with Crippen LogP contribution in [0.2, 0.25) is 0 Å². The average Bonchev–Trinajstić information content (AvgIpc) is 3.41. The van der Waals surface area contributed by atoms with Gasteiger partial charge in [-0.15, -0.1) is 5.10 Å². The molecular weight excluding hydrogens is 414 g/mol. The molecule has 7 nitrogen and oxygen atoms in total. The number of hydrogen-bond donors (Lipinski definition) is 1. The summed E-state index contributed by atoms with van der Waals surface area (Å²) >= 11 is 0. The number of oxime groups is 1. The molecule has 0 bridgehead atoms. The predicted molar refractivity (Wildman–Crippen MR) is 127 cm³/mol. The fraction of sp³-hybridized carbons (Fsp3) is 0.846. The molecule has 2 N–H and O–H groups in total. The van der Waals surface area contributed by atoms with Crippen LogP contribution in [0.1, 0.15) is 96.7 Å². The van der Waals surface area contributed by atoms with E-state index in [0.717, 1.165) is 56.1 Å². The van der Waals surface area contributed by atoms with E-state index in [1.165, 1.54) is 31.4 Å². The van der Waals surface area contributed by atoms with Gasteiger partial charge in [0, 0.05) is 18.4 Å². The van der Waals surface area contributed by atoms with Crippen molar-refractivity contribution in [2.45, 2.75) is 97.6 Å². The molecule has 1 aromatic rings. The molecule has 1 aromatic heterocycles. The molecule has 1 heterocycles. The zero-order valence-electron chi connectivity index (χ0n) is 20.6. The summed E-state index contributed by atoms with van der Waals surface area (Å²) in [5.74, 6) is 3.39. The topological polar surface area (TPSA) is 95.4 Å². The number of nitrogens with two attached hydrogens (primary N) is 1. The van der Waals surface area contributed by atoms with E-state index in [1.807, 2.05) is 10.9 Å². The van der Waals surface area contributed by atoms with E-state index in [9.17, 15) is 4.79 Å². The highest BCUT2D eigenvalue weighted by atomic mass is 16.6. The van der Waals surface area contributed by atoms with Crippen LogP contribution in [0.4, 0.5) is 0 Å². The molecule has 7 atom stereocenters. The molecule has 33 heavy (non-hydrogen) atoms. The third-order valence-corrected chi connectivity index (χ3v) is 10.3. The highest BCUT2D eigenvalue weighted by Gasteiger charge is 2.60. The van der Waals surface area contributed by atoms with Crippen molar-refractivity contribution in [3.63, 3.8) is 0 Å². The molecule has 0 spiro atoms. The Kier molecular flexibility index (Phi) is 6.13. The first-order chi connectivity index (χ1) is 15.9. The van der Waals surface area contributed by atoms with Gasteiger partial charge in [-0.2, -0.15) is 0 Å². The number of rotatable bonds is 6. The Hall–Kier alpha value is -1.76. The van der Waals surface area contributed by atoms with E-state index >= 15 is 0 Å². The van der Waals surface area contributed by atoms with Gasteiger partial charge in [0.1, 0.15) is 12.4 Å². The number of carbonyl (C=O) groups excluding carboxylic acids is 1. The molecule has 5 rings (SSSR count). The van der Waals surface area contributed by atoms with Crippen LogP contribution in [-0.4, -0.2) is 33.1 Å². The second kappa shape index (κ2) is 8.79. The van der Waals surface area contributed by atoms with Crippen LogP contribution in [-0.2, 0) is 16.2 Å². The van der Waals surface area contributed by atoms with E-state index in [4.69, 9.17) is 10.6 Å². The average molecular weight is 456 g/mol. The SMILES string of the molecule is CCC(CO/N=C1/CC[C@@]2(C)C(CCC3C2CC[C@]2(C)C(=O)CCC32)C1)n1cc(CN)nn1. The summed E-state index contributed by atoms with van der Waals surface area (Å²) in [4.78, 5) is 18.5. The minimum Gasteiger partial charge on any atom is -0.394 e. The molecule has 0 radical (unpaired) electrons. The van der Waals surface area contributed by atoms with Crippen molar-refractivity contribution in [1.82, 2.24) is 15.0 Å². The van der Waals surface area contributed by atoms with Gasteiger partial charge in [-0.05, 0) is 86.9 Å². The second-order valence-electron chi connectivity index (χ2n) is 11.7. The normalized spacial score (nSPS) is 40.2. The molecule has 0 aromatic carbocycles. The fourth-order valence-corrected chi connectivity index (χ4v) is 8.09. The number of fused-ring (bicyclic) bond motifs is 5. The molecule has 0 aliphatic heterocycles. The summed E-state index contributed by atoms with van der Waals surface area (Å²) in [5, 5.41) is 12.9. The molecule has 4 aliphatic carbocycles. The first kappa shape index (κ1) is 23.0. The Labute approximate surface area is 197 Å². The minimum absolute atomic E-state index is 0.0235. The van der Waals surface area contributed by atoms with E-state index in [2.05, 4.69) is 36.2 Å². The Morgan fingerprint density at radius 3 is 2.82 bits per heavy atom. The number of aromatic nitrogens is 3. The van der Waals surface area contributed by atoms with Gasteiger partial charge in [-0.1, -0.05) is 31.1 Å².